The number of hydrogen-bond acceptors (Lipinski definition) is 3. The second-order valence-corrected chi connectivity index (χ2v) is 7.68. The Bertz CT molecular complexity index is 818. The summed E-state index contributed by atoms with van der Waals surface area (Å²) in [5.74, 6) is -0.418. The molecule has 0 unspecified atom stereocenters. The van der Waals surface area contributed by atoms with Crippen LogP contribution < -0.4 is 15.5 Å². The first-order valence-corrected chi connectivity index (χ1v) is 10.1. The lowest BCUT2D eigenvalue weighted by Gasteiger charge is -2.22. The van der Waals surface area contributed by atoms with Crippen LogP contribution in [0.4, 0.5) is 11.4 Å². The molecule has 1 fully saturated rings. The van der Waals surface area contributed by atoms with Crippen LogP contribution in [0.15, 0.2) is 48.5 Å². The van der Waals surface area contributed by atoms with Gasteiger partial charge in [0.15, 0.2) is 0 Å². The van der Waals surface area contributed by atoms with Gasteiger partial charge in [-0.3, -0.25) is 9.59 Å². The first-order valence-electron chi connectivity index (χ1n) is 9.70. The van der Waals surface area contributed by atoms with Crippen LogP contribution in [0.5, 0.6) is 0 Å². The molecule has 0 radical (unpaired) electrons. The predicted molar refractivity (Wildman–Crippen MR) is 114 cm³/mol. The van der Waals surface area contributed by atoms with Crippen LogP contribution in [-0.2, 0) is 11.2 Å². The number of rotatable bonds is 7. The zero-order valence-corrected chi connectivity index (χ0v) is 16.8. The topological polar surface area (TPSA) is 61.4 Å². The molecule has 28 heavy (non-hydrogen) atoms. The third kappa shape index (κ3) is 5.26. The summed E-state index contributed by atoms with van der Waals surface area (Å²) in [6.45, 7) is 4.05. The Balaban J connectivity index is 1.74. The molecule has 2 amide bonds. The highest BCUT2D eigenvalue weighted by atomic mass is 35.5. The highest BCUT2D eigenvalue weighted by molar-refractivity contribution is 6.32. The van der Waals surface area contributed by atoms with E-state index in [9.17, 15) is 9.59 Å². The van der Waals surface area contributed by atoms with Crippen molar-refractivity contribution in [1.82, 2.24) is 5.32 Å². The third-order valence-electron chi connectivity index (χ3n) is 4.86. The smallest absolute Gasteiger partial charge is 0.253 e. The van der Waals surface area contributed by atoms with Crippen molar-refractivity contribution in [3.8, 4) is 0 Å². The van der Waals surface area contributed by atoms with Crippen molar-refractivity contribution in [2.75, 3.05) is 29.9 Å². The van der Waals surface area contributed by atoms with Crippen LogP contribution in [0.3, 0.4) is 0 Å². The van der Waals surface area contributed by atoms with Crippen LogP contribution in [0, 0.1) is 0 Å². The van der Waals surface area contributed by atoms with E-state index in [0.29, 0.717) is 17.8 Å². The number of anilines is 2. The third-order valence-corrected chi connectivity index (χ3v) is 5.06. The normalized spacial score (nSPS) is 14.6. The molecule has 1 saturated heterocycles. The monoisotopic (exact) mass is 399 g/mol. The van der Waals surface area contributed by atoms with Crippen LogP contribution in [-0.4, -0.2) is 36.8 Å². The predicted octanol–water partition coefficient (Wildman–Crippen LogP) is 3.83. The Kier molecular flexibility index (Phi) is 6.93. The maximum Gasteiger partial charge on any atom is 0.253 e. The molecule has 148 valence electrons. The lowest BCUT2D eigenvalue weighted by Crippen LogP contribution is -2.29. The van der Waals surface area contributed by atoms with E-state index in [0.717, 1.165) is 38.0 Å². The molecule has 2 aromatic rings. The van der Waals surface area contributed by atoms with Gasteiger partial charge in [-0.05, 0) is 49.9 Å². The Morgan fingerprint density at radius 1 is 1.11 bits per heavy atom. The highest BCUT2D eigenvalue weighted by Crippen LogP contribution is 2.27. The fraction of sp³-hybridized carbons (Fsp3) is 0.364. The van der Waals surface area contributed by atoms with Crippen molar-refractivity contribution < 1.29 is 9.59 Å². The van der Waals surface area contributed by atoms with E-state index in [2.05, 4.69) is 15.5 Å². The molecule has 3 rings (SSSR count). The molecule has 0 bridgehead atoms. The number of alkyl halides is 1. The van der Waals surface area contributed by atoms with Gasteiger partial charge in [0.1, 0.15) is 5.38 Å². The molecule has 0 aromatic heterocycles. The minimum Gasteiger partial charge on any atom is -0.371 e. The fourth-order valence-electron chi connectivity index (χ4n) is 3.33. The molecule has 0 saturated carbocycles. The number of amides is 2. The minimum atomic E-state index is -0.638. The second kappa shape index (κ2) is 9.60. The van der Waals surface area contributed by atoms with Crippen molar-refractivity contribution in [2.24, 2.45) is 0 Å². The number of halogens is 1. The van der Waals surface area contributed by atoms with E-state index < -0.39 is 5.38 Å². The van der Waals surface area contributed by atoms with Crippen molar-refractivity contribution in [2.45, 2.75) is 31.6 Å². The number of benzene rings is 2. The first kappa shape index (κ1) is 20.2. The van der Waals surface area contributed by atoms with E-state index in [-0.39, 0.29) is 11.8 Å². The molecule has 1 atom stereocenters. The van der Waals surface area contributed by atoms with E-state index in [1.54, 1.807) is 13.0 Å². The first-order chi connectivity index (χ1) is 13.5. The van der Waals surface area contributed by atoms with Gasteiger partial charge in [0.25, 0.3) is 5.91 Å². The Hall–Kier alpha value is -2.53. The number of nitrogens with one attached hydrogen (secondary N) is 2. The van der Waals surface area contributed by atoms with Gasteiger partial charge in [0.05, 0.1) is 5.56 Å². The van der Waals surface area contributed by atoms with E-state index >= 15 is 0 Å². The summed E-state index contributed by atoms with van der Waals surface area (Å²) in [5, 5.41) is 5.14. The molecular weight excluding hydrogens is 374 g/mol. The fourth-order valence-corrected chi connectivity index (χ4v) is 3.39. The number of carbonyl (C=O) groups is 2. The number of hydrogen-bond donors (Lipinski definition) is 2. The quantitative estimate of drug-likeness (QED) is 0.695. The van der Waals surface area contributed by atoms with Gasteiger partial charge in [-0.15, -0.1) is 11.6 Å². The standard InChI is InChI=1S/C22H26ClN3O2/c1-16(23)21(27)25-18-9-10-20(26-13-5-6-14-26)19(15-18)22(28)24-12-11-17-7-3-2-4-8-17/h2-4,7-10,15-16H,5-6,11-14H2,1H3,(H,24,28)(H,25,27)/t16-/m1/s1. The van der Waals surface area contributed by atoms with Gasteiger partial charge in [0.2, 0.25) is 5.91 Å². The van der Waals surface area contributed by atoms with E-state index in [4.69, 9.17) is 11.6 Å². The van der Waals surface area contributed by atoms with E-state index in [1.165, 1.54) is 5.56 Å². The summed E-state index contributed by atoms with van der Waals surface area (Å²) >= 11 is 5.84. The van der Waals surface area contributed by atoms with Gasteiger partial charge in [0, 0.05) is 31.0 Å². The Morgan fingerprint density at radius 3 is 2.50 bits per heavy atom. The molecule has 0 aliphatic carbocycles. The number of nitrogens with zero attached hydrogens (tertiary/aromatic N) is 1. The Morgan fingerprint density at radius 2 is 1.82 bits per heavy atom. The molecule has 1 heterocycles. The zero-order valence-electron chi connectivity index (χ0n) is 16.1. The lowest BCUT2D eigenvalue weighted by molar-refractivity contribution is -0.115. The van der Waals surface area contributed by atoms with Gasteiger partial charge in [-0.25, -0.2) is 0 Å². The highest BCUT2D eigenvalue weighted by Gasteiger charge is 2.20. The average molecular weight is 400 g/mol. The maximum atomic E-state index is 12.9. The van der Waals surface area contributed by atoms with Gasteiger partial charge in [-0.2, -0.15) is 0 Å². The second-order valence-electron chi connectivity index (χ2n) is 7.02. The average Bonchev–Trinajstić information content (AvgIpc) is 3.23. The summed E-state index contributed by atoms with van der Waals surface area (Å²) in [5.41, 5.74) is 3.25. The lowest BCUT2D eigenvalue weighted by atomic mass is 10.1. The molecule has 2 N–H and O–H groups in total. The molecule has 6 heteroatoms. The largest absolute Gasteiger partial charge is 0.371 e. The summed E-state index contributed by atoms with van der Waals surface area (Å²) in [4.78, 5) is 27.0. The van der Waals surface area contributed by atoms with Crippen LogP contribution >= 0.6 is 11.6 Å². The van der Waals surface area contributed by atoms with Crippen molar-refractivity contribution in [3.63, 3.8) is 0 Å². The Labute approximate surface area is 171 Å². The molecule has 0 spiro atoms. The van der Waals surface area contributed by atoms with Crippen molar-refractivity contribution in [3.05, 3.63) is 59.7 Å². The maximum absolute atomic E-state index is 12.9. The molecular formula is C22H26ClN3O2. The molecule has 1 aliphatic heterocycles. The SMILES string of the molecule is C[C@@H](Cl)C(=O)Nc1ccc(N2CCCC2)c(C(=O)NCCc2ccccc2)c1. The van der Waals surface area contributed by atoms with Crippen LogP contribution in [0.25, 0.3) is 0 Å². The zero-order chi connectivity index (χ0) is 19.9. The van der Waals surface area contributed by atoms with E-state index in [1.807, 2.05) is 42.5 Å². The molecule has 2 aromatic carbocycles. The molecule has 5 nitrogen and oxygen atoms in total. The van der Waals surface area contributed by atoms with Gasteiger partial charge >= 0.3 is 0 Å². The summed E-state index contributed by atoms with van der Waals surface area (Å²) < 4.78 is 0. The van der Waals surface area contributed by atoms with Crippen molar-refractivity contribution >= 4 is 34.8 Å². The van der Waals surface area contributed by atoms with Crippen LogP contribution in [0.2, 0.25) is 0 Å². The van der Waals surface area contributed by atoms with Crippen LogP contribution in [0.1, 0.15) is 35.7 Å². The van der Waals surface area contributed by atoms with Crippen molar-refractivity contribution in [1.29, 1.82) is 0 Å². The number of carbonyl (C=O) groups excluding carboxylic acids is 2. The van der Waals surface area contributed by atoms with Gasteiger partial charge < -0.3 is 15.5 Å². The molecule has 1 aliphatic rings. The summed E-state index contributed by atoms with van der Waals surface area (Å²) in [6, 6.07) is 15.5. The summed E-state index contributed by atoms with van der Waals surface area (Å²) in [6.07, 6.45) is 3.01. The van der Waals surface area contributed by atoms with Gasteiger partial charge in [-0.1, -0.05) is 30.3 Å². The summed E-state index contributed by atoms with van der Waals surface area (Å²) in [7, 11) is 0. The minimum absolute atomic E-state index is 0.132.